The largest absolute Gasteiger partial charge is 0.326 e. The average Bonchev–Trinajstić information content (AvgIpc) is 2.11. The van der Waals surface area contributed by atoms with E-state index in [9.17, 15) is 0 Å². The van der Waals surface area contributed by atoms with E-state index >= 15 is 0 Å². The Bertz CT molecular complexity index is 289. The van der Waals surface area contributed by atoms with Gasteiger partial charge in [0.05, 0.1) is 0 Å². The van der Waals surface area contributed by atoms with Gasteiger partial charge in [-0.15, -0.1) is 24.0 Å². The quantitative estimate of drug-likeness (QED) is 0.824. The van der Waals surface area contributed by atoms with Crippen molar-refractivity contribution in [2.45, 2.75) is 19.4 Å². The van der Waals surface area contributed by atoms with Crippen LogP contribution < -0.4 is 5.73 Å². The normalized spacial score (nSPS) is 12.0. The standard InChI is InChI=1S/C10H13Cl2N.ClH/c1-7-2-3-8(5-10(7)12)4-9(13)6-11;/h2-3,5,9H,4,6,13H2,1H3;1H/t9-;/m1./s1. The number of hydrogen-bond acceptors (Lipinski definition) is 1. The first-order valence-electron chi connectivity index (χ1n) is 4.20. The maximum absolute atomic E-state index is 5.97. The van der Waals surface area contributed by atoms with Crippen molar-refractivity contribution in [1.82, 2.24) is 0 Å². The van der Waals surface area contributed by atoms with E-state index in [-0.39, 0.29) is 18.4 Å². The molecule has 0 aliphatic heterocycles. The van der Waals surface area contributed by atoms with Gasteiger partial charge in [-0.3, -0.25) is 0 Å². The minimum atomic E-state index is 0. The first-order chi connectivity index (χ1) is 6.13. The zero-order chi connectivity index (χ0) is 9.84. The second-order valence-electron chi connectivity index (χ2n) is 3.20. The molecule has 4 heteroatoms. The van der Waals surface area contributed by atoms with Gasteiger partial charge >= 0.3 is 0 Å². The van der Waals surface area contributed by atoms with Crippen molar-refractivity contribution in [2.75, 3.05) is 5.88 Å². The molecule has 0 aliphatic rings. The molecule has 14 heavy (non-hydrogen) atoms. The molecule has 0 aliphatic carbocycles. The molecule has 0 fully saturated rings. The number of halogens is 3. The van der Waals surface area contributed by atoms with Crippen LogP contribution in [0.3, 0.4) is 0 Å². The third-order valence-corrected chi connectivity index (χ3v) is 2.74. The first-order valence-corrected chi connectivity index (χ1v) is 5.11. The number of hydrogen-bond donors (Lipinski definition) is 1. The summed E-state index contributed by atoms with van der Waals surface area (Å²) in [6.45, 7) is 1.98. The Labute approximate surface area is 101 Å². The Balaban J connectivity index is 0.00000169. The van der Waals surface area contributed by atoms with E-state index in [0.717, 1.165) is 22.6 Å². The summed E-state index contributed by atoms with van der Waals surface area (Å²) < 4.78 is 0. The van der Waals surface area contributed by atoms with E-state index in [4.69, 9.17) is 28.9 Å². The maximum Gasteiger partial charge on any atom is 0.0437 e. The fourth-order valence-corrected chi connectivity index (χ4v) is 1.43. The van der Waals surface area contributed by atoms with Gasteiger partial charge in [0.25, 0.3) is 0 Å². The number of benzene rings is 1. The number of alkyl halides is 1. The number of rotatable bonds is 3. The highest BCUT2D eigenvalue weighted by Gasteiger charge is 2.03. The molecule has 1 aromatic carbocycles. The lowest BCUT2D eigenvalue weighted by Crippen LogP contribution is -2.24. The molecule has 0 amide bonds. The Morgan fingerprint density at radius 1 is 1.43 bits per heavy atom. The van der Waals surface area contributed by atoms with Crippen LogP contribution in [0.2, 0.25) is 5.02 Å². The second-order valence-corrected chi connectivity index (χ2v) is 3.92. The summed E-state index contributed by atoms with van der Waals surface area (Å²) in [6.07, 6.45) is 0.781. The molecule has 0 saturated carbocycles. The highest BCUT2D eigenvalue weighted by molar-refractivity contribution is 6.31. The van der Waals surface area contributed by atoms with Crippen LogP contribution in [0.25, 0.3) is 0 Å². The van der Waals surface area contributed by atoms with Crippen LogP contribution in [0.4, 0.5) is 0 Å². The molecule has 0 saturated heterocycles. The lowest BCUT2D eigenvalue weighted by Gasteiger charge is -2.08. The highest BCUT2D eigenvalue weighted by Crippen LogP contribution is 2.17. The van der Waals surface area contributed by atoms with Crippen molar-refractivity contribution in [3.8, 4) is 0 Å². The molecule has 80 valence electrons. The molecule has 1 nitrogen and oxygen atoms in total. The lowest BCUT2D eigenvalue weighted by molar-refractivity contribution is 0.745. The minimum Gasteiger partial charge on any atom is -0.326 e. The molecule has 1 aromatic rings. The monoisotopic (exact) mass is 253 g/mol. The fraction of sp³-hybridized carbons (Fsp3) is 0.400. The predicted molar refractivity (Wildman–Crippen MR) is 65.8 cm³/mol. The SMILES string of the molecule is Cc1ccc(C[C@@H](N)CCl)cc1Cl.Cl. The molecule has 1 rings (SSSR count). The predicted octanol–water partition coefficient (Wildman–Crippen LogP) is 3.18. The summed E-state index contributed by atoms with van der Waals surface area (Å²) in [5.41, 5.74) is 7.95. The van der Waals surface area contributed by atoms with Crippen molar-refractivity contribution in [3.63, 3.8) is 0 Å². The average molecular weight is 255 g/mol. The van der Waals surface area contributed by atoms with Gasteiger partial charge in [-0.1, -0.05) is 23.7 Å². The van der Waals surface area contributed by atoms with E-state index in [0.29, 0.717) is 5.88 Å². The van der Waals surface area contributed by atoms with Crippen molar-refractivity contribution < 1.29 is 0 Å². The Morgan fingerprint density at radius 3 is 2.57 bits per heavy atom. The van der Waals surface area contributed by atoms with Crippen molar-refractivity contribution in [3.05, 3.63) is 34.3 Å². The summed E-state index contributed by atoms with van der Waals surface area (Å²) in [5.74, 6) is 0.478. The van der Waals surface area contributed by atoms with Crippen LogP contribution >= 0.6 is 35.6 Å². The van der Waals surface area contributed by atoms with Crippen molar-refractivity contribution >= 4 is 35.6 Å². The molecule has 2 N–H and O–H groups in total. The third kappa shape index (κ3) is 4.05. The van der Waals surface area contributed by atoms with Crippen LogP contribution in [0.1, 0.15) is 11.1 Å². The van der Waals surface area contributed by atoms with Crippen LogP contribution in [0.5, 0.6) is 0 Å². The van der Waals surface area contributed by atoms with E-state index in [1.165, 1.54) is 0 Å². The van der Waals surface area contributed by atoms with Gasteiger partial charge in [0, 0.05) is 16.9 Å². The van der Waals surface area contributed by atoms with E-state index in [1.807, 2.05) is 25.1 Å². The van der Waals surface area contributed by atoms with Crippen molar-refractivity contribution in [1.29, 1.82) is 0 Å². The summed E-state index contributed by atoms with van der Waals surface area (Å²) in [4.78, 5) is 0. The zero-order valence-corrected chi connectivity index (χ0v) is 10.3. The second kappa shape index (κ2) is 6.52. The van der Waals surface area contributed by atoms with Gasteiger partial charge in [0.1, 0.15) is 0 Å². The number of aryl methyl sites for hydroxylation is 1. The maximum atomic E-state index is 5.97. The van der Waals surface area contributed by atoms with Gasteiger partial charge < -0.3 is 5.73 Å². The molecule has 0 bridgehead atoms. The van der Waals surface area contributed by atoms with Crippen LogP contribution in [0, 0.1) is 6.92 Å². The zero-order valence-electron chi connectivity index (χ0n) is 7.97. The molecular formula is C10H14Cl3N. The fourth-order valence-electron chi connectivity index (χ4n) is 1.12. The number of nitrogens with two attached hydrogens (primary N) is 1. The van der Waals surface area contributed by atoms with Crippen LogP contribution in [0.15, 0.2) is 18.2 Å². The topological polar surface area (TPSA) is 26.0 Å². The summed E-state index contributed by atoms with van der Waals surface area (Å²) in [7, 11) is 0. The highest BCUT2D eigenvalue weighted by atomic mass is 35.5. The van der Waals surface area contributed by atoms with Crippen molar-refractivity contribution in [2.24, 2.45) is 5.73 Å². The Kier molecular flexibility index (Phi) is 6.54. The van der Waals surface area contributed by atoms with Crippen LogP contribution in [-0.2, 0) is 6.42 Å². The van der Waals surface area contributed by atoms with Crippen LogP contribution in [-0.4, -0.2) is 11.9 Å². The smallest absolute Gasteiger partial charge is 0.0437 e. The lowest BCUT2D eigenvalue weighted by atomic mass is 10.1. The molecule has 1 atom stereocenters. The molecule has 0 heterocycles. The molecule has 0 radical (unpaired) electrons. The van der Waals surface area contributed by atoms with Gasteiger partial charge in [0.15, 0.2) is 0 Å². The van der Waals surface area contributed by atoms with E-state index in [2.05, 4.69) is 0 Å². The van der Waals surface area contributed by atoms with Gasteiger partial charge in [-0.25, -0.2) is 0 Å². The first kappa shape index (κ1) is 14.1. The summed E-state index contributed by atoms with van der Waals surface area (Å²) in [5, 5.41) is 0.791. The molecule has 0 aromatic heterocycles. The Hall–Kier alpha value is 0.0500. The minimum absolute atomic E-state index is 0. The third-order valence-electron chi connectivity index (χ3n) is 1.93. The molecule has 0 unspecified atom stereocenters. The molecular weight excluding hydrogens is 240 g/mol. The van der Waals surface area contributed by atoms with E-state index in [1.54, 1.807) is 0 Å². The summed E-state index contributed by atoms with van der Waals surface area (Å²) in [6, 6.07) is 6.00. The Morgan fingerprint density at radius 2 is 2.07 bits per heavy atom. The van der Waals surface area contributed by atoms with Gasteiger partial charge in [0.2, 0.25) is 0 Å². The van der Waals surface area contributed by atoms with E-state index < -0.39 is 0 Å². The van der Waals surface area contributed by atoms with Gasteiger partial charge in [-0.2, -0.15) is 0 Å². The summed E-state index contributed by atoms with van der Waals surface area (Å²) >= 11 is 11.6. The molecule has 0 spiro atoms. The van der Waals surface area contributed by atoms with Gasteiger partial charge in [-0.05, 0) is 30.5 Å².